The van der Waals surface area contributed by atoms with Crippen molar-refractivity contribution < 1.29 is 18.9 Å². The van der Waals surface area contributed by atoms with Gasteiger partial charge in [-0.05, 0) is 104 Å². The second-order valence-electron chi connectivity index (χ2n) is 8.40. The van der Waals surface area contributed by atoms with Crippen LogP contribution in [0.3, 0.4) is 0 Å². The first-order valence-corrected chi connectivity index (χ1v) is 11.2. The van der Waals surface area contributed by atoms with Crippen molar-refractivity contribution in [1.82, 2.24) is 0 Å². The Balaban J connectivity index is 1.73. The predicted molar refractivity (Wildman–Crippen MR) is 135 cm³/mol. The molecule has 0 aliphatic heterocycles. The van der Waals surface area contributed by atoms with Gasteiger partial charge < -0.3 is 18.9 Å². The highest BCUT2D eigenvalue weighted by Gasteiger charge is 2.33. The molecule has 4 aromatic rings. The normalized spacial score (nSPS) is 12.6. The Hall–Kier alpha value is -4.18. The molecule has 0 heterocycles. The second kappa shape index (κ2) is 7.70. The summed E-state index contributed by atoms with van der Waals surface area (Å²) in [6.07, 6.45) is 0. The second-order valence-corrected chi connectivity index (χ2v) is 8.40. The Morgan fingerprint density at radius 1 is 0.324 bits per heavy atom. The number of hydrogen-bond acceptors (Lipinski definition) is 4. The van der Waals surface area contributed by atoms with Gasteiger partial charge >= 0.3 is 0 Å². The van der Waals surface area contributed by atoms with Crippen LogP contribution < -0.4 is 18.9 Å². The van der Waals surface area contributed by atoms with Crippen LogP contribution in [0.15, 0.2) is 72.8 Å². The molecule has 0 unspecified atom stereocenters. The first kappa shape index (κ1) is 20.4. The number of ether oxygens (including phenoxy) is 4. The SMILES string of the molecule is COc1ccc2c(c1)-c1cc(OC)ccc1C2=C1c2ccc(OC)cc2-c2cc(OC)ccc21. The summed E-state index contributed by atoms with van der Waals surface area (Å²) in [5, 5.41) is 0. The quantitative estimate of drug-likeness (QED) is 0.301. The van der Waals surface area contributed by atoms with E-state index in [1.807, 2.05) is 24.3 Å². The van der Waals surface area contributed by atoms with Gasteiger partial charge in [0.15, 0.2) is 0 Å². The molecule has 34 heavy (non-hydrogen) atoms. The molecule has 0 amide bonds. The maximum absolute atomic E-state index is 5.56. The Labute approximate surface area is 199 Å². The molecule has 0 spiro atoms. The van der Waals surface area contributed by atoms with Crippen molar-refractivity contribution in [3.05, 3.63) is 95.1 Å². The maximum atomic E-state index is 5.56. The first-order chi connectivity index (χ1) is 16.7. The third-order valence-corrected chi connectivity index (χ3v) is 6.81. The van der Waals surface area contributed by atoms with Crippen LogP contribution in [0, 0.1) is 0 Å². The molecule has 168 valence electrons. The van der Waals surface area contributed by atoms with Crippen LogP contribution in [0.1, 0.15) is 22.3 Å². The third-order valence-electron chi connectivity index (χ3n) is 6.81. The van der Waals surface area contributed by atoms with Crippen LogP contribution in [-0.4, -0.2) is 28.4 Å². The van der Waals surface area contributed by atoms with Crippen LogP contribution in [0.4, 0.5) is 0 Å². The summed E-state index contributed by atoms with van der Waals surface area (Å²) < 4.78 is 22.2. The first-order valence-electron chi connectivity index (χ1n) is 11.2. The van der Waals surface area contributed by atoms with Crippen molar-refractivity contribution in [2.75, 3.05) is 28.4 Å². The molecule has 0 bridgehead atoms. The van der Waals surface area contributed by atoms with E-state index in [0.29, 0.717) is 0 Å². The molecule has 0 aromatic heterocycles. The predicted octanol–water partition coefficient (Wildman–Crippen LogP) is 6.69. The van der Waals surface area contributed by atoms with Crippen molar-refractivity contribution >= 4 is 11.1 Å². The standard InChI is InChI=1S/C30H24O4/c1-31-17-5-9-21-25(13-17)26-14-18(32-2)6-10-22(26)29(21)30-23-11-7-19(33-3)15-27(23)28-16-20(34-4)8-12-24(28)30/h5-16H,1-4H3. The topological polar surface area (TPSA) is 36.9 Å². The summed E-state index contributed by atoms with van der Waals surface area (Å²) in [7, 11) is 6.80. The summed E-state index contributed by atoms with van der Waals surface area (Å²) in [5.41, 5.74) is 11.8. The van der Waals surface area contributed by atoms with Crippen LogP contribution in [-0.2, 0) is 0 Å². The molecule has 0 atom stereocenters. The summed E-state index contributed by atoms with van der Waals surface area (Å²) in [6, 6.07) is 25.2. The number of hydrogen-bond donors (Lipinski definition) is 0. The van der Waals surface area contributed by atoms with Crippen molar-refractivity contribution in [1.29, 1.82) is 0 Å². The lowest BCUT2D eigenvalue weighted by atomic mass is 9.91. The Bertz CT molecular complexity index is 1270. The monoisotopic (exact) mass is 448 g/mol. The Morgan fingerprint density at radius 2 is 0.559 bits per heavy atom. The van der Waals surface area contributed by atoms with Gasteiger partial charge in [-0.1, -0.05) is 24.3 Å². The minimum atomic E-state index is 0.834. The van der Waals surface area contributed by atoms with Gasteiger partial charge in [0.05, 0.1) is 28.4 Å². The fraction of sp³-hybridized carbons (Fsp3) is 0.133. The van der Waals surface area contributed by atoms with E-state index in [9.17, 15) is 0 Å². The molecule has 0 saturated heterocycles. The van der Waals surface area contributed by atoms with E-state index in [1.165, 1.54) is 33.4 Å². The number of rotatable bonds is 4. The molecule has 0 N–H and O–H groups in total. The van der Waals surface area contributed by atoms with Gasteiger partial charge in [-0.25, -0.2) is 0 Å². The molecule has 0 saturated carbocycles. The molecule has 2 aliphatic rings. The molecule has 4 aromatic carbocycles. The molecule has 2 aliphatic carbocycles. The highest BCUT2D eigenvalue weighted by molar-refractivity contribution is 6.19. The molecule has 6 rings (SSSR count). The zero-order chi connectivity index (χ0) is 23.4. The van der Waals surface area contributed by atoms with E-state index >= 15 is 0 Å². The summed E-state index contributed by atoms with van der Waals surface area (Å²) >= 11 is 0. The molecular weight excluding hydrogens is 424 g/mol. The van der Waals surface area contributed by atoms with Gasteiger partial charge in [0, 0.05) is 0 Å². The highest BCUT2D eigenvalue weighted by Crippen LogP contribution is 2.55. The van der Waals surface area contributed by atoms with Crippen LogP contribution in [0.5, 0.6) is 23.0 Å². The Morgan fingerprint density at radius 3 is 0.765 bits per heavy atom. The van der Waals surface area contributed by atoms with Crippen LogP contribution >= 0.6 is 0 Å². The Kier molecular flexibility index (Phi) is 4.63. The van der Waals surface area contributed by atoms with E-state index in [2.05, 4.69) is 48.5 Å². The van der Waals surface area contributed by atoms with Gasteiger partial charge in [0.1, 0.15) is 23.0 Å². The molecule has 0 fully saturated rings. The lowest BCUT2D eigenvalue weighted by molar-refractivity contribution is 0.414. The number of benzene rings is 4. The van der Waals surface area contributed by atoms with E-state index in [1.54, 1.807) is 28.4 Å². The van der Waals surface area contributed by atoms with Gasteiger partial charge in [-0.2, -0.15) is 0 Å². The van der Waals surface area contributed by atoms with Crippen molar-refractivity contribution in [2.45, 2.75) is 0 Å². The van der Waals surface area contributed by atoms with Crippen molar-refractivity contribution in [3.8, 4) is 45.3 Å². The fourth-order valence-corrected chi connectivity index (χ4v) is 5.19. The molecule has 0 radical (unpaired) electrons. The molecule has 4 heteroatoms. The summed E-state index contributed by atoms with van der Waals surface area (Å²) in [5.74, 6) is 3.34. The molecular formula is C30H24O4. The van der Waals surface area contributed by atoms with Gasteiger partial charge in [-0.3, -0.25) is 0 Å². The lowest BCUT2D eigenvalue weighted by Crippen LogP contribution is -1.92. The van der Waals surface area contributed by atoms with Gasteiger partial charge in [-0.15, -0.1) is 0 Å². The number of methoxy groups -OCH3 is 4. The average Bonchev–Trinajstić information content (AvgIpc) is 3.38. The van der Waals surface area contributed by atoms with Crippen molar-refractivity contribution in [3.63, 3.8) is 0 Å². The third kappa shape index (κ3) is 2.85. The smallest absolute Gasteiger partial charge is 0.119 e. The maximum Gasteiger partial charge on any atom is 0.119 e. The van der Waals surface area contributed by atoms with Gasteiger partial charge in [0.25, 0.3) is 0 Å². The van der Waals surface area contributed by atoms with Gasteiger partial charge in [0.2, 0.25) is 0 Å². The average molecular weight is 449 g/mol. The van der Waals surface area contributed by atoms with E-state index in [0.717, 1.165) is 45.3 Å². The van der Waals surface area contributed by atoms with Crippen LogP contribution in [0.25, 0.3) is 33.4 Å². The van der Waals surface area contributed by atoms with E-state index in [-0.39, 0.29) is 0 Å². The largest absolute Gasteiger partial charge is 0.497 e. The minimum absolute atomic E-state index is 0.834. The zero-order valence-electron chi connectivity index (χ0n) is 19.6. The van der Waals surface area contributed by atoms with Crippen molar-refractivity contribution in [2.24, 2.45) is 0 Å². The summed E-state index contributed by atoms with van der Waals surface area (Å²) in [6.45, 7) is 0. The highest BCUT2D eigenvalue weighted by atomic mass is 16.5. The van der Waals surface area contributed by atoms with E-state index in [4.69, 9.17) is 18.9 Å². The van der Waals surface area contributed by atoms with E-state index < -0.39 is 0 Å². The lowest BCUT2D eigenvalue weighted by Gasteiger charge is -2.12. The minimum Gasteiger partial charge on any atom is -0.497 e. The zero-order valence-corrected chi connectivity index (χ0v) is 19.6. The number of fused-ring (bicyclic) bond motifs is 6. The fourth-order valence-electron chi connectivity index (χ4n) is 5.19. The molecule has 4 nitrogen and oxygen atoms in total. The van der Waals surface area contributed by atoms with Crippen LogP contribution in [0.2, 0.25) is 0 Å². The summed E-state index contributed by atoms with van der Waals surface area (Å²) in [4.78, 5) is 0.